The van der Waals surface area contributed by atoms with E-state index in [1.165, 1.54) is 103 Å². The fourth-order valence-corrected chi connectivity index (χ4v) is 10.1. The van der Waals surface area contributed by atoms with Crippen LogP contribution in [0.1, 0.15) is 5.69 Å². The average Bonchev–Trinajstić information content (AvgIpc) is 3.96. The molecule has 0 bridgehead atoms. The van der Waals surface area contributed by atoms with Crippen molar-refractivity contribution in [3.63, 3.8) is 0 Å². The molecule has 0 amide bonds. The van der Waals surface area contributed by atoms with Crippen LogP contribution < -0.4 is 0 Å². The van der Waals surface area contributed by atoms with Gasteiger partial charge < -0.3 is 4.42 Å². The van der Waals surface area contributed by atoms with E-state index in [-0.39, 0.29) is 0 Å². The first kappa shape index (κ1) is 31.6. The van der Waals surface area contributed by atoms with Gasteiger partial charge in [-0.15, -0.1) is 0 Å². The Hall–Kier alpha value is -7.62. The van der Waals surface area contributed by atoms with Crippen molar-refractivity contribution >= 4 is 86.6 Å². The van der Waals surface area contributed by atoms with Crippen molar-refractivity contribution < 1.29 is 4.42 Å². The molecule has 0 radical (unpaired) electrons. The summed E-state index contributed by atoms with van der Waals surface area (Å²) in [5.74, 6) is 0.575. The quantitative estimate of drug-likeness (QED) is 0.169. The van der Waals surface area contributed by atoms with Crippen molar-refractivity contribution in [2.24, 2.45) is 0 Å². The summed E-state index contributed by atoms with van der Waals surface area (Å²) in [6.45, 7) is 1.97. The van der Waals surface area contributed by atoms with Gasteiger partial charge in [0.2, 0.25) is 5.89 Å². The molecule has 0 fully saturated rings. The molecule has 3 heteroatoms. The molecule has 0 aliphatic rings. The van der Waals surface area contributed by atoms with Crippen LogP contribution >= 0.6 is 0 Å². The number of hydrogen-bond acceptors (Lipinski definition) is 3. The second-order valence-electron chi connectivity index (χ2n) is 15.6. The van der Waals surface area contributed by atoms with E-state index in [2.05, 4.69) is 169 Å². The molecular weight excluding hydrogens is 705 g/mol. The number of aromatic nitrogens is 2. The van der Waals surface area contributed by atoms with Crippen LogP contribution in [0.15, 0.2) is 180 Å². The summed E-state index contributed by atoms with van der Waals surface area (Å²) in [5, 5.41) is 18.1. The third-order valence-corrected chi connectivity index (χ3v) is 12.5. The summed E-state index contributed by atoms with van der Waals surface area (Å²) in [4.78, 5) is 9.38. The van der Waals surface area contributed by atoms with Crippen LogP contribution in [0.25, 0.3) is 131 Å². The number of benzene rings is 9. The molecular formula is C55H32N2O. The molecule has 11 aromatic carbocycles. The first-order valence-corrected chi connectivity index (χ1v) is 19.9. The fourth-order valence-electron chi connectivity index (χ4n) is 10.1. The lowest BCUT2D eigenvalue weighted by Gasteiger charge is -2.19. The number of nitrogens with zero attached hydrogens (tertiary/aromatic N) is 2. The van der Waals surface area contributed by atoms with E-state index < -0.39 is 0 Å². The van der Waals surface area contributed by atoms with Crippen LogP contribution in [-0.4, -0.2) is 9.97 Å². The minimum Gasteiger partial charge on any atom is -0.434 e. The van der Waals surface area contributed by atoms with Crippen LogP contribution in [0, 0.1) is 6.92 Å². The van der Waals surface area contributed by atoms with E-state index in [1.54, 1.807) is 0 Å². The monoisotopic (exact) mass is 736 g/mol. The molecule has 0 N–H and O–H groups in total. The minimum absolute atomic E-state index is 0.575. The van der Waals surface area contributed by atoms with Gasteiger partial charge in [-0.1, -0.05) is 146 Å². The maximum absolute atomic E-state index is 6.22. The summed E-state index contributed by atoms with van der Waals surface area (Å²) in [7, 11) is 0. The van der Waals surface area contributed by atoms with Gasteiger partial charge in [0.15, 0.2) is 11.2 Å². The van der Waals surface area contributed by atoms with Gasteiger partial charge in [0, 0.05) is 11.3 Å². The Morgan fingerprint density at radius 1 is 0.345 bits per heavy atom. The number of aryl methyl sites for hydroxylation is 1. The first-order valence-electron chi connectivity index (χ1n) is 19.9. The van der Waals surface area contributed by atoms with Gasteiger partial charge in [-0.25, -0.2) is 4.98 Å². The smallest absolute Gasteiger partial charge is 0.228 e. The fraction of sp³-hybridized carbons (Fsp3) is 0.0182. The summed E-state index contributed by atoms with van der Waals surface area (Å²) in [6, 6.07) is 64.4. The van der Waals surface area contributed by atoms with Crippen molar-refractivity contribution in [3.8, 4) is 44.8 Å². The van der Waals surface area contributed by atoms with Crippen LogP contribution in [0.2, 0.25) is 0 Å². The maximum atomic E-state index is 6.22. The van der Waals surface area contributed by atoms with Gasteiger partial charge in [-0.05, 0) is 146 Å². The van der Waals surface area contributed by atoms with Crippen molar-refractivity contribution in [2.75, 3.05) is 0 Å². The highest BCUT2D eigenvalue weighted by Gasteiger charge is 2.27. The van der Waals surface area contributed by atoms with Crippen LogP contribution in [0.5, 0.6) is 0 Å². The number of oxazole rings is 1. The number of rotatable bonds is 4. The lowest BCUT2D eigenvalue weighted by molar-refractivity contribution is 0.619. The standard InChI is InChI=1S/C55H32N2O/c1-31-25-28-46-54(56-31)57-55(58-46)35-18-10-17-34(29-35)36-26-27-43-49-39(36)21-11-24-42(49)52-47(32-13-4-2-5-14-32)45-30-44-38-20-9-8-19-37(38)40-22-12-23-41(50(40)44)51(45)48(53(43)52)33-15-6-3-7-16-33/h2-30H,1H3. The molecule has 58 heavy (non-hydrogen) atoms. The van der Waals surface area contributed by atoms with Gasteiger partial charge in [0.1, 0.15) is 0 Å². The van der Waals surface area contributed by atoms with Crippen LogP contribution in [-0.2, 0) is 0 Å². The Kier molecular flexibility index (Phi) is 6.37. The summed E-state index contributed by atoms with van der Waals surface area (Å²) in [5.41, 5.74) is 10.5. The second-order valence-corrected chi connectivity index (χ2v) is 15.6. The SMILES string of the molecule is Cc1ccc2oc(-c3cccc(-c4ccc5c6c(-c7ccccc7)c7c(cc8c9ccccc9c9cccc7c98)c(-c7ccccc7)c6c6cccc4c65)c3)nc2n1. The lowest BCUT2D eigenvalue weighted by atomic mass is 9.84. The molecule has 0 saturated heterocycles. The normalized spacial score (nSPS) is 12.2. The van der Waals surface area contributed by atoms with Crippen molar-refractivity contribution in [1.82, 2.24) is 9.97 Å². The summed E-state index contributed by atoms with van der Waals surface area (Å²) in [6.07, 6.45) is 0. The Morgan fingerprint density at radius 2 is 0.914 bits per heavy atom. The molecule has 0 unspecified atom stereocenters. The Bertz CT molecular complexity index is 3790. The molecule has 2 aromatic heterocycles. The number of fused-ring (bicyclic) bond motifs is 9. The maximum Gasteiger partial charge on any atom is 0.228 e. The minimum atomic E-state index is 0.575. The van der Waals surface area contributed by atoms with Crippen LogP contribution in [0.4, 0.5) is 0 Å². The highest BCUT2D eigenvalue weighted by molar-refractivity contribution is 6.45. The average molecular weight is 737 g/mol. The first-order chi connectivity index (χ1) is 28.7. The van der Waals surface area contributed by atoms with Crippen molar-refractivity contribution in [1.29, 1.82) is 0 Å². The van der Waals surface area contributed by atoms with Gasteiger partial charge in [0.05, 0.1) is 0 Å². The Labute approximate surface area is 333 Å². The highest BCUT2D eigenvalue weighted by atomic mass is 16.3. The van der Waals surface area contributed by atoms with E-state index in [1.807, 2.05) is 19.1 Å². The summed E-state index contributed by atoms with van der Waals surface area (Å²) < 4.78 is 6.22. The van der Waals surface area contributed by atoms with E-state index in [0.717, 1.165) is 16.8 Å². The molecule has 0 aliphatic heterocycles. The van der Waals surface area contributed by atoms with E-state index in [9.17, 15) is 0 Å². The molecule has 0 atom stereocenters. The molecule has 2 heterocycles. The third kappa shape index (κ3) is 4.28. The largest absolute Gasteiger partial charge is 0.434 e. The van der Waals surface area contributed by atoms with Gasteiger partial charge in [-0.2, -0.15) is 4.98 Å². The molecule has 13 rings (SSSR count). The number of pyridine rings is 1. The second kappa shape index (κ2) is 11.7. The highest BCUT2D eigenvalue weighted by Crippen LogP contribution is 2.55. The van der Waals surface area contributed by atoms with Crippen LogP contribution in [0.3, 0.4) is 0 Å². The van der Waals surface area contributed by atoms with E-state index >= 15 is 0 Å². The molecule has 13 aromatic rings. The molecule has 0 spiro atoms. The Balaban J connectivity index is 1.19. The zero-order valence-electron chi connectivity index (χ0n) is 31.5. The van der Waals surface area contributed by atoms with Crippen molar-refractivity contribution in [2.45, 2.75) is 6.92 Å². The predicted molar refractivity (Wildman–Crippen MR) is 243 cm³/mol. The predicted octanol–water partition coefficient (Wildman–Crippen LogP) is 15.1. The van der Waals surface area contributed by atoms with Gasteiger partial charge >= 0.3 is 0 Å². The van der Waals surface area contributed by atoms with E-state index in [4.69, 9.17) is 9.40 Å². The summed E-state index contributed by atoms with van der Waals surface area (Å²) >= 11 is 0. The third-order valence-electron chi connectivity index (χ3n) is 12.5. The Morgan fingerprint density at radius 3 is 1.71 bits per heavy atom. The lowest BCUT2D eigenvalue weighted by Crippen LogP contribution is -1.91. The zero-order chi connectivity index (χ0) is 38.1. The van der Waals surface area contributed by atoms with Gasteiger partial charge in [0.25, 0.3) is 0 Å². The molecule has 268 valence electrons. The zero-order valence-corrected chi connectivity index (χ0v) is 31.5. The number of hydrogen-bond donors (Lipinski definition) is 0. The molecule has 0 saturated carbocycles. The van der Waals surface area contributed by atoms with E-state index in [0.29, 0.717) is 17.1 Å². The molecule has 3 nitrogen and oxygen atoms in total. The molecule has 0 aliphatic carbocycles. The van der Waals surface area contributed by atoms with Gasteiger partial charge in [-0.3, -0.25) is 0 Å². The topological polar surface area (TPSA) is 38.9 Å². The van der Waals surface area contributed by atoms with Crippen molar-refractivity contribution in [3.05, 3.63) is 182 Å².